The first-order valence-electron chi connectivity index (χ1n) is 10.7. The first kappa shape index (κ1) is 32.1. The maximum atomic E-state index is 12.5. The van der Waals surface area contributed by atoms with Crippen molar-refractivity contribution >= 4 is 31.7 Å². The molecular weight excluding hydrogens is 487 g/mol. The van der Waals surface area contributed by atoms with Gasteiger partial charge in [0.05, 0.1) is 6.16 Å². The van der Waals surface area contributed by atoms with Gasteiger partial charge in [0.2, 0.25) is 0 Å². The van der Waals surface area contributed by atoms with Crippen molar-refractivity contribution in [3.05, 3.63) is 24.3 Å². The number of carbonyl (C=O) groups is 4. The average molecular weight is 522 g/mol. The minimum Gasteiger partial charge on any atom is -0.460 e. The first-order chi connectivity index (χ1) is 16.1. The van der Waals surface area contributed by atoms with Gasteiger partial charge in [-0.3, -0.25) is 4.57 Å². The average Bonchev–Trinajstić information content (AvgIpc) is 2.73. The molecule has 1 unspecified atom stereocenters. The number of esters is 2. The number of hydrogen-bond acceptors (Lipinski definition) is 9. The summed E-state index contributed by atoms with van der Waals surface area (Å²) in [6.45, 7) is 11.8. The van der Waals surface area contributed by atoms with Crippen LogP contribution in [0.15, 0.2) is 24.3 Å². The largest absolute Gasteiger partial charge is 0.460 e. The molecule has 0 saturated heterocycles. The van der Waals surface area contributed by atoms with Gasteiger partial charge in [0, 0.05) is 17.7 Å². The Labute approximate surface area is 204 Å². The maximum Gasteiger partial charge on any atom is 0.408 e. The van der Waals surface area contributed by atoms with E-state index in [9.17, 15) is 33.5 Å². The molecule has 0 aromatic carbocycles. The van der Waals surface area contributed by atoms with E-state index < -0.39 is 69.3 Å². The van der Waals surface area contributed by atoms with Crippen LogP contribution in [0.3, 0.4) is 0 Å². The van der Waals surface area contributed by atoms with Gasteiger partial charge < -0.3 is 39.4 Å². The second-order valence-electron chi connectivity index (χ2n) is 8.15. The lowest BCUT2D eigenvalue weighted by atomic mass is 10.1. The summed E-state index contributed by atoms with van der Waals surface area (Å²) in [5, 5.41) is 4.79. The molecule has 2 amide bonds. The number of rotatable bonds is 15. The summed E-state index contributed by atoms with van der Waals surface area (Å²) in [4.78, 5) is 66.3. The molecule has 0 spiro atoms. The monoisotopic (exact) mass is 522 g/mol. The fourth-order valence-corrected chi connectivity index (χ4v) is 2.92. The third kappa shape index (κ3) is 15.6. The van der Waals surface area contributed by atoms with Gasteiger partial charge in [0.25, 0.3) is 0 Å². The molecule has 200 valence electrons. The van der Waals surface area contributed by atoms with Crippen molar-refractivity contribution in [2.75, 3.05) is 32.5 Å². The number of amides is 2. The molecule has 0 fully saturated rings. The van der Waals surface area contributed by atoms with Gasteiger partial charge >= 0.3 is 31.7 Å². The van der Waals surface area contributed by atoms with E-state index in [1.165, 1.54) is 20.8 Å². The van der Waals surface area contributed by atoms with Gasteiger partial charge in [-0.05, 0) is 27.2 Å². The Morgan fingerprint density at radius 2 is 1.49 bits per heavy atom. The van der Waals surface area contributed by atoms with E-state index in [-0.39, 0.29) is 11.1 Å². The van der Waals surface area contributed by atoms with Crippen LogP contribution in [0, 0.1) is 0 Å². The molecule has 0 rings (SSSR count). The van der Waals surface area contributed by atoms with Crippen molar-refractivity contribution in [2.45, 2.75) is 52.2 Å². The van der Waals surface area contributed by atoms with Crippen molar-refractivity contribution in [3.8, 4) is 0 Å². The fourth-order valence-electron chi connectivity index (χ4n) is 2.21. The molecule has 35 heavy (non-hydrogen) atoms. The van der Waals surface area contributed by atoms with Crippen LogP contribution in [0.2, 0.25) is 0 Å². The number of unbranched alkanes of at least 4 members (excludes halogenated alkanes) is 1. The highest BCUT2D eigenvalue weighted by Crippen LogP contribution is 2.35. The van der Waals surface area contributed by atoms with Gasteiger partial charge in [-0.1, -0.05) is 26.5 Å². The smallest absolute Gasteiger partial charge is 0.408 e. The van der Waals surface area contributed by atoms with E-state index >= 15 is 0 Å². The molecule has 0 aliphatic heterocycles. The summed E-state index contributed by atoms with van der Waals surface area (Å²) < 4.78 is 31.5. The van der Waals surface area contributed by atoms with Gasteiger partial charge in [0.1, 0.15) is 31.5 Å². The lowest BCUT2D eigenvalue weighted by molar-refractivity contribution is -0.145. The molecule has 4 N–H and O–H groups in total. The van der Waals surface area contributed by atoms with Crippen LogP contribution in [0.5, 0.6) is 0 Å². The summed E-state index contributed by atoms with van der Waals surface area (Å²) in [5.41, 5.74) is -1.33. The normalized spacial score (nSPS) is 12.1. The Morgan fingerprint density at radius 1 is 0.971 bits per heavy atom. The van der Waals surface area contributed by atoms with E-state index in [1.54, 1.807) is 0 Å². The molecule has 13 nitrogen and oxygen atoms in total. The highest BCUT2D eigenvalue weighted by molar-refractivity contribution is 7.51. The number of ether oxygens (including phenoxy) is 4. The lowest BCUT2D eigenvalue weighted by Crippen LogP contribution is -2.54. The zero-order valence-electron chi connectivity index (χ0n) is 20.5. The number of alkyl carbamates (subject to hydrolysis) is 2. The summed E-state index contributed by atoms with van der Waals surface area (Å²) in [5.74, 6) is -1.53. The summed E-state index contributed by atoms with van der Waals surface area (Å²) in [6.07, 6.45) is -2.95. The van der Waals surface area contributed by atoms with Gasteiger partial charge in [-0.15, -0.1) is 0 Å². The van der Waals surface area contributed by atoms with Crippen LogP contribution in [-0.4, -0.2) is 78.1 Å². The minimum absolute atomic E-state index is 0.0879. The van der Waals surface area contributed by atoms with Crippen molar-refractivity contribution in [1.82, 2.24) is 10.6 Å². The molecule has 0 radical (unpaired) electrons. The minimum atomic E-state index is -4.66. The molecule has 0 aromatic rings. The Bertz CT molecular complexity index is 807. The predicted octanol–water partition coefficient (Wildman–Crippen LogP) is 1.78. The molecular formula is C21H35N2O11P. The summed E-state index contributed by atoms with van der Waals surface area (Å²) in [6, 6.07) is 0. The second kappa shape index (κ2) is 15.2. The quantitative estimate of drug-likeness (QED) is 0.0807. The standard InChI is InChI=1S/C21H35N2O11P/c1-7-8-9-22-19(26)31-10-16(11-35(28,29)30)34-20(27)23-21(6,12-32-17(24)14(2)3)13-33-18(25)15(4)5/h16H,2,4,7-13H2,1,3,5-6H3,(H,22,26)(H,23,27)(H2,28,29,30). The predicted molar refractivity (Wildman–Crippen MR) is 125 cm³/mol. The Balaban J connectivity index is 5.32. The third-order valence-electron chi connectivity index (χ3n) is 4.06. The first-order valence-corrected chi connectivity index (χ1v) is 12.5. The topological polar surface area (TPSA) is 187 Å². The SMILES string of the molecule is C=C(C)C(=O)OCC(C)(COC(=O)C(=C)C)NC(=O)OC(COC(=O)NCCCC)CP(=O)(O)O. The summed E-state index contributed by atoms with van der Waals surface area (Å²) >= 11 is 0. The van der Waals surface area contributed by atoms with Gasteiger partial charge in [0.15, 0.2) is 0 Å². The molecule has 0 aliphatic rings. The van der Waals surface area contributed by atoms with Crippen LogP contribution < -0.4 is 10.6 Å². The van der Waals surface area contributed by atoms with E-state index in [0.29, 0.717) is 13.0 Å². The highest BCUT2D eigenvalue weighted by atomic mass is 31.2. The van der Waals surface area contributed by atoms with Crippen molar-refractivity contribution < 1.29 is 52.5 Å². The third-order valence-corrected chi connectivity index (χ3v) is 4.94. The Hall–Kier alpha value is -2.89. The molecule has 0 bridgehead atoms. The van der Waals surface area contributed by atoms with Crippen LogP contribution in [0.25, 0.3) is 0 Å². The van der Waals surface area contributed by atoms with Crippen LogP contribution in [0.4, 0.5) is 9.59 Å². The number of carbonyl (C=O) groups excluding carboxylic acids is 4. The van der Waals surface area contributed by atoms with Gasteiger partial charge in [-0.25, -0.2) is 19.2 Å². The van der Waals surface area contributed by atoms with Crippen LogP contribution in [-0.2, 0) is 33.1 Å². The molecule has 0 saturated carbocycles. The fraction of sp³-hybridized carbons (Fsp3) is 0.619. The van der Waals surface area contributed by atoms with Crippen molar-refractivity contribution in [1.29, 1.82) is 0 Å². The molecule has 14 heteroatoms. The van der Waals surface area contributed by atoms with E-state index in [4.69, 9.17) is 18.9 Å². The summed E-state index contributed by atoms with van der Waals surface area (Å²) in [7, 11) is -4.66. The highest BCUT2D eigenvalue weighted by Gasteiger charge is 2.34. The number of hydrogen-bond donors (Lipinski definition) is 4. The second-order valence-corrected chi connectivity index (χ2v) is 9.85. The molecule has 0 aromatic heterocycles. The van der Waals surface area contributed by atoms with Gasteiger partial charge in [-0.2, -0.15) is 0 Å². The van der Waals surface area contributed by atoms with Crippen molar-refractivity contribution in [3.63, 3.8) is 0 Å². The molecule has 1 atom stereocenters. The lowest BCUT2D eigenvalue weighted by Gasteiger charge is -2.30. The van der Waals surface area contributed by atoms with Crippen LogP contribution in [0.1, 0.15) is 40.5 Å². The Morgan fingerprint density at radius 3 is 1.91 bits per heavy atom. The van der Waals surface area contributed by atoms with E-state index in [2.05, 4.69) is 23.8 Å². The Kier molecular flexibility index (Phi) is 13.9. The van der Waals surface area contributed by atoms with Crippen molar-refractivity contribution in [2.24, 2.45) is 0 Å². The molecule has 0 heterocycles. The maximum absolute atomic E-state index is 12.5. The zero-order chi connectivity index (χ0) is 27.2. The van der Waals surface area contributed by atoms with Crippen LogP contribution >= 0.6 is 7.60 Å². The van der Waals surface area contributed by atoms with E-state index in [1.807, 2.05) is 6.92 Å². The van der Waals surface area contributed by atoms with E-state index in [0.717, 1.165) is 6.42 Å². The zero-order valence-corrected chi connectivity index (χ0v) is 21.4. The number of nitrogens with one attached hydrogen (secondary N) is 2. The molecule has 0 aliphatic carbocycles.